The van der Waals surface area contributed by atoms with Crippen LogP contribution < -0.4 is 4.74 Å². The van der Waals surface area contributed by atoms with E-state index in [-0.39, 0.29) is 28.9 Å². The van der Waals surface area contributed by atoms with Crippen LogP contribution in [0.3, 0.4) is 0 Å². The minimum atomic E-state index is -4.76. The van der Waals surface area contributed by atoms with E-state index in [0.717, 1.165) is 56.9 Å². The lowest BCUT2D eigenvalue weighted by Crippen LogP contribution is -2.37. The average molecular weight is 474 g/mol. The second kappa shape index (κ2) is 8.88. The van der Waals surface area contributed by atoms with E-state index in [1.54, 1.807) is 6.20 Å². The molecule has 1 aromatic rings. The first kappa shape index (κ1) is 22.6. The summed E-state index contributed by atoms with van der Waals surface area (Å²) in [6, 6.07) is 4.87. The van der Waals surface area contributed by atoms with Crippen LogP contribution in [0.1, 0.15) is 29.6 Å². The van der Waals surface area contributed by atoms with Crippen molar-refractivity contribution in [1.82, 2.24) is 9.80 Å². The van der Waals surface area contributed by atoms with E-state index in [1.807, 2.05) is 4.90 Å². The topological polar surface area (TPSA) is 74.6 Å². The maximum absolute atomic E-state index is 13.1. The number of alkyl halides is 3. The van der Waals surface area contributed by atoms with E-state index >= 15 is 0 Å². The first-order chi connectivity index (χ1) is 16.2. The summed E-state index contributed by atoms with van der Waals surface area (Å²) in [5.41, 5.74) is 2.58. The molecule has 0 N–H and O–H groups in total. The molecule has 1 amide bonds. The minimum Gasteiger partial charge on any atom is -0.406 e. The van der Waals surface area contributed by atoms with E-state index in [2.05, 4.69) is 19.9 Å². The van der Waals surface area contributed by atoms with Gasteiger partial charge in [0.15, 0.2) is 5.78 Å². The third-order valence-corrected chi connectivity index (χ3v) is 7.08. The number of benzene rings is 1. The summed E-state index contributed by atoms with van der Waals surface area (Å²) in [5, 5.41) is 8.28. The van der Waals surface area contributed by atoms with Gasteiger partial charge in [-0.15, -0.1) is 13.2 Å². The number of rotatable bonds is 5. The predicted octanol–water partition coefficient (Wildman–Crippen LogP) is 4.19. The van der Waals surface area contributed by atoms with Crippen molar-refractivity contribution in [2.24, 2.45) is 28.0 Å². The second-order valence-corrected chi connectivity index (χ2v) is 9.36. The standard InChI is InChI=1S/C24H25F3N4O3/c25-24(26,27)34-20-5-3-15(4-6-20)22(32)7-8-30-11-18-13-31(14-19(18)12-30)23(33)16-1-2-17-10-28-29-21(17)9-16/h3-8,16,18-19H,1-2,9-14H2/b8-7+/t16-,18+,19+/m1/s1. The Labute approximate surface area is 194 Å². The van der Waals surface area contributed by atoms with E-state index < -0.39 is 6.36 Å². The second-order valence-electron chi connectivity index (χ2n) is 9.36. The van der Waals surface area contributed by atoms with Gasteiger partial charge in [-0.1, -0.05) is 0 Å². The van der Waals surface area contributed by atoms with Crippen LogP contribution in [0.4, 0.5) is 13.2 Å². The number of likely N-dealkylation sites (tertiary alicyclic amines) is 2. The summed E-state index contributed by atoms with van der Waals surface area (Å²) in [6.07, 6.45) is 0.891. The van der Waals surface area contributed by atoms with Gasteiger partial charge in [0, 0.05) is 68.2 Å². The zero-order chi connectivity index (χ0) is 23.9. The van der Waals surface area contributed by atoms with Crippen LogP contribution in [0, 0.1) is 17.8 Å². The Morgan fingerprint density at radius 1 is 1.06 bits per heavy atom. The lowest BCUT2D eigenvalue weighted by molar-refractivity contribution is -0.274. The summed E-state index contributed by atoms with van der Waals surface area (Å²) in [7, 11) is 0. The van der Waals surface area contributed by atoms with Crippen molar-refractivity contribution in [1.29, 1.82) is 0 Å². The number of hydrogen-bond acceptors (Lipinski definition) is 6. The molecular weight excluding hydrogens is 449 g/mol. The summed E-state index contributed by atoms with van der Waals surface area (Å²) < 4.78 is 40.6. The summed E-state index contributed by atoms with van der Waals surface area (Å²) in [4.78, 5) is 29.5. The zero-order valence-corrected chi connectivity index (χ0v) is 18.5. The fourth-order valence-electron chi connectivity index (χ4n) is 5.35. The summed E-state index contributed by atoms with van der Waals surface area (Å²) >= 11 is 0. The van der Waals surface area contributed by atoms with Gasteiger partial charge < -0.3 is 14.5 Å². The molecule has 10 heteroatoms. The largest absolute Gasteiger partial charge is 0.573 e. The quantitative estimate of drug-likeness (QED) is 0.474. The molecule has 3 heterocycles. The number of azo groups is 1. The normalized spacial score (nSPS) is 26.4. The Balaban J connectivity index is 1.11. The van der Waals surface area contributed by atoms with Crippen molar-refractivity contribution in [3.05, 3.63) is 53.4 Å². The molecule has 3 aliphatic heterocycles. The highest BCUT2D eigenvalue weighted by Crippen LogP contribution is 2.37. The number of carbonyl (C=O) groups is 2. The van der Waals surface area contributed by atoms with Crippen LogP contribution in [0.5, 0.6) is 5.75 Å². The number of halogens is 3. The van der Waals surface area contributed by atoms with Crippen LogP contribution in [-0.4, -0.2) is 60.6 Å². The van der Waals surface area contributed by atoms with E-state index in [0.29, 0.717) is 24.8 Å². The maximum atomic E-state index is 13.1. The molecule has 1 aromatic carbocycles. The van der Waals surface area contributed by atoms with E-state index in [4.69, 9.17) is 0 Å². The van der Waals surface area contributed by atoms with Crippen molar-refractivity contribution in [3.8, 4) is 5.75 Å². The zero-order valence-electron chi connectivity index (χ0n) is 18.5. The Kier molecular flexibility index (Phi) is 5.91. The van der Waals surface area contributed by atoms with E-state index in [1.165, 1.54) is 23.8 Å². The third kappa shape index (κ3) is 4.85. The number of fused-ring (bicyclic) bond motifs is 1. The highest BCUT2D eigenvalue weighted by Gasteiger charge is 2.42. The molecular formula is C24H25F3N4O3. The molecule has 0 saturated carbocycles. The number of nitrogens with zero attached hydrogens (tertiary/aromatic N) is 4. The van der Waals surface area contributed by atoms with E-state index in [9.17, 15) is 22.8 Å². The Bertz CT molecular complexity index is 1050. The van der Waals surface area contributed by atoms with Crippen LogP contribution in [-0.2, 0) is 4.79 Å². The van der Waals surface area contributed by atoms with Gasteiger partial charge in [0.2, 0.25) is 5.91 Å². The first-order valence-corrected chi connectivity index (χ1v) is 11.4. The smallest absolute Gasteiger partial charge is 0.406 e. The monoisotopic (exact) mass is 474 g/mol. The third-order valence-electron chi connectivity index (χ3n) is 7.08. The Morgan fingerprint density at radius 2 is 1.76 bits per heavy atom. The van der Waals surface area contributed by atoms with Crippen LogP contribution >= 0.6 is 0 Å². The molecule has 2 fully saturated rings. The number of hydrogen-bond donors (Lipinski definition) is 0. The van der Waals surface area contributed by atoms with Crippen molar-refractivity contribution < 1.29 is 27.5 Å². The molecule has 3 atom stereocenters. The highest BCUT2D eigenvalue weighted by molar-refractivity contribution is 6.04. The molecule has 0 bridgehead atoms. The molecule has 7 nitrogen and oxygen atoms in total. The average Bonchev–Trinajstić information content (AvgIpc) is 3.50. The van der Waals surface area contributed by atoms with Gasteiger partial charge in [-0.2, -0.15) is 10.2 Å². The molecule has 34 heavy (non-hydrogen) atoms. The van der Waals surface area contributed by atoms with Crippen molar-refractivity contribution in [2.75, 3.05) is 32.7 Å². The lowest BCUT2D eigenvalue weighted by Gasteiger charge is -2.27. The molecule has 0 unspecified atom stereocenters. The Morgan fingerprint density at radius 3 is 2.44 bits per heavy atom. The molecule has 4 aliphatic rings. The van der Waals surface area contributed by atoms with Gasteiger partial charge in [-0.25, -0.2) is 0 Å². The molecule has 0 aromatic heterocycles. The van der Waals surface area contributed by atoms with Gasteiger partial charge in [-0.3, -0.25) is 9.59 Å². The fraction of sp³-hybridized carbons (Fsp3) is 0.500. The van der Waals surface area contributed by atoms with Crippen molar-refractivity contribution >= 4 is 11.7 Å². The number of amides is 1. The predicted molar refractivity (Wildman–Crippen MR) is 116 cm³/mol. The number of ether oxygens (including phenoxy) is 1. The number of ketones is 1. The van der Waals surface area contributed by atoms with Crippen molar-refractivity contribution in [3.63, 3.8) is 0 Å². The van der Waals surface area contributed by atoms with Crippen LogP contribution in [0.15, 0.2) is 58.0 Å². The first-order valence-electron chi connectivity index (χ1n) is 11.4. The van der Waals surface area contributed by atoms with Gasteiger partial charge in [-0.05, 0) is 42.7 Å². The molecule has 1 aliphatic carbocycles. The maximum Gasteiger partial charge on any atom is 0.573 e. The SMILES string of the molecule is O=C(/C=C/N1C[C@H]2CN(C(=O)[C@@H]3CCC4=C(C3)N=NC4)C[C@@H]2C1)c1ccc(OC(F)(F)F)cc1. The number of carbonyl (C=O) groups excluding carboxylic acids is 2. The summed E-state index contributed by atoms with van der Waals surface area (Å²) in [6.45, 7) is 3.68. The van der Waals surface area contributed by atoms with Gasteiger partial charge in [0.25, 0.3) is 0 Å². The molecule has 180 valence electrons. The summed E-state index contributed by atoms with van der Waals surface area (Å²) in [5.74, 6) is 0.300. The molecule has 0 spiro atoms. The molecule has 2 saturated heterocycles. The van der Waals surface area contributed by atoms with Crippen molar-refractivity contribution in [2.45, 2.75) is 25.6 Å². The molecule has 5 rings (SSSR count). The molecule has 0 radical (unpaired) electrons. The Hall–Kier alpha value is -3.17. The van der Waals surface area contributed by atoms with Crippen LogP contribution in [0.2, 0.25) is 0 Å². The van der Waals surface area contributed by atoms with Gasteiger partial charge in [0.05, 0.1) is 12.2 Å². The fourth-order valence-corrected chi connectivity index (χ4v) is 5.35. The van der Waals surface area contributed by atoms with Crippen LogP contribution in [0.25, 0.3) is 0 Å². The van der Waals surface area contributed by atoms with Gasteiger partial charge >= 0.3 is 6.36 Å². The lowest BCUT2D eigenvalue weighted by atomic mass is 9.87. The number of allylic oxidation sites excluding steroid dienone is 2. The van der Waals surface area contributed by atoms with Gasteiger partial charge in [0.1, 0.15) is 5.75 Å². The highest BCUT2D eigenvalue weighted by atomic mass is 19.4. The minimum absolute atomic E-state index is 0.00355.